The normalized spacial score (nSPS) is 24.6. The van der Waals surface area contributed by atoms with Gasteiger partial charge < -0.3 is 0 Å². The number of ether oxygens (including phenoxy) is 1. The van der Waals surface area contributed by atoms with Gasteiger partial charge in [0.25, 0.3) is 0 Å². The second kappa shape index (κ2) is 9.93. The first kappa shape index (κ1) is 23.0. The van der Waals surface area contributed by atoms with Crippen LogP contribution in [-0.4, -0.2) is 73.6 Å². The summed E-state index contributed by atoms with van der Waals surface area (Å²) in [5, 5.41) is 5.54. The fraction of sp³-hybridized carbons (Fsp3) is 0.824. The SMILES string of the molecule is COC(=O)CCNC(=O)[C@@H]1O[PH](O)(NCCCN2CCCC2=O)OCC1(C)C. The molecule has 1 atom stereocenters. The first-order chi connectivity index (χ1) is 13.2. The Balaban J connectivity index is 1.81. The number of rotatable bonds is 9. The van der Waals surface area contributed by atoms with Crippen molar-refractivity contribution in [1.82, 2.24) is 15.3 Å². The summed E-state index contributed by atoms with van der Waals surface area (Å²) in [6, 6.07) is 0. The van der Waals surface area contributed by atoms with E-state index in [2.05, 4.69) is 15.1 Å². The molecule has 0 aromatic carbocycles. The molecule has 2 amide bonds. The number of methoxy groups -OCH3 is 1. The van der Waals surface area contributed by atoms with Gasteiger partial charge in [0, 0.05) is 0 Å². The second-order valence-electron chi connectivity index (χ2n) is 7.74. The van der Waals surface area contributed by atoms with Crippen molar-refractivity contribution in [1.29, 1.82) is 0 Å². The molecule has 2 heterocycles. The molecule has 3 N–H and O–H groups in total. The summed E-state index contributed by atoms with van der Waals surface area (Å²) in [6.45, 7) is 5.69. The van der Waals surface area contributed by atoms with Gasteiger partial charge in [-0.3, -0.25) is 0 Å². The predicted octanol–water partition coefficient (Wildman–Crippen LogP) is 0.112. The fourth-order valence-corrected chi connectivity index (χ4v) is 5.21. The monoisotopic (exact) mass is 421 g/mol. The first-order valence-corrected chi connectivity index (χ1v) is 11.3. The van der Waals surface area contributed by atoms with E-state index < -0.39 is 31.5 Å². The molecule has 0 radical (unpaired) electrons. The number of hydrogen-bond acceptors (Lipinski definition) is 8. The van der Waals surface area contributed by atoms with E-state index in [4.69, 9.17) is 9.05 Å². The van der Waals surface area contributed by atoms with Crippen molar-refractivity contribution in [2.75, 3.05) is 39.9 Å². The minimum absolute atomic E-state index is 0.0566. The third-order valence-electron chi connectivity index (χ3n) is 4.85. The average Bonchev–Trinajstić information content (AvgIpc) is 3.06. The summed E-state index contributed by atoms with van der Waals surface area (Å²) in [5.41, 5.74) is -0.641. The molecule has 0 saturated carbocycles. The molecule has 0 unspecified atom stereocenters. The summed E-state index contributed by atoms with van der Waals surface area (Å²) in [7, 11) is -2.44. The number of nitrogens with zero attached hydrogens (tertiary/aromatic N) is 1. The third-order valence-corrected chi connectivity index (χ3v) is 6.63. The number of carbonyl (C=O) groups is 3. The molecule has 0 bridgehead atoms. The van der Waals surface area contributed by atoms with Crippen LogP contribution in [0.15, 0.2) is 0 Å². The fourth-order valence-electron chi connectivity index (χ4n) is 3.15. The molecular formula is C17H32N3O7P. The molecule has 10 nitrogen and oxygen atoms in total. The molecule has 0 aromatic heterocycles. The van der Waals surface area contributed by atoms with Crippen molar-refractivity contribution in [3.05, 3.63) is 0 Å². The molecule has 162 valence electrons. The molecule has 11 heteroatoms. The number of esters is 1. The second-order valence-corrected chi connectivity index (χ2v) is 9.78. The van der Waals surface area contributed by atoms with Crippen LogP contribution >= 0.6 is 8.09 Å². The Morgan fingerprint density at radius 3 is 2.79 bits per heavy atom. The molecule has 0 aromatic rings. The van der Waals surface area contributed by atoms with Crippen molar-refractivity contribution in [2.24, 2.45) is 5.41 Å². The van der Waals surface area contributed by atoms with Crippen LogP contribution in [0.25, 0.3) is 0 Å². The molecule has 0 aliphatic carbocycles. The van der Waals surface area contributed by atoms with Gasteiger partial charge in [0.15, 0.2) is 0 Å². The predicted molar refractivity (Wildman–Crippen MR) is 103 cm³/mol. The van der Waals surface area contributed by atoms with Crippen molar-refractivity contribution in [2.45, 2.75) is 45.6 Å². The van der Waals surface area contributed by atoms with E-state index in [1.165, 1.54) is 7.11 Å². The number of carbonyl (C=O) groups excluding carboxylic acids is 3. The van der Waals surface area contributed by atoms with Crippen LogP contribution in [0.3, 0.4) is 0 Å². The maximum absolute atomic E-state index is 12.5. The number of nitrogens with one attached hydrogen (secondary N) is 2. The summed E-state index contributed by atoms with van der Waals surface area (Å²) in [5.74, 6) is -0.671. The van der Waals surface area contributed by atoms with Crippen LogP contribution in [0.5, 0.6) is 0 Å². The van der Waals surface area contributed by atoms with E-state index in [1.807, 2.05) is 13.8 Å². The number of hydrogen-bond donors (Lipinski definition) is 3. The molecule has 2 aliphatic rings. The summed E-state index contributed by atoms with van der Waals surface area (Å²) < 4.78 is 15.8. The van der Waals surface area contributed by atoms with Crippen molar-refractivity contribution >= 4 is 25.9 Å². The Kier molecular flexibility index (Phi) is 8.15. The van der Waals surface area contributed by atoms with Crippen LogP contribution in [0.2, 0.25) is 0 Å². The average molecular weight is 421 g/mol. The number of amides is 2. The molecule has 2 rings (SSSR count). The zero-order valence-corrected chi connectivity index (χ0v) is 17.8. The summed E-state index contributed by atoms with van der Waals surface area (Å²) in [4.78, 5) is 47.8. The quantitative estimate of drug-likeness (QED) is 0.272. The first-order valence-electron chi connectivity index (χ1n) is 9.58. The van der Waals surface area contributed by atoms with E-state index in [1.54, 1.807) is 4.90 Å². The van der Waals surface area contributed by atoms with Gasteiger partial charge in [-0.15, -0.1) is 0 Å². The van der Waals surface area contributed by atoms with Gasteiger partial charge in [-0.25, -0.2) is 0 Å². The number of likely N-dealkylation sites (tertiary alicyclic amines) is 1. The van der Waals surface area contributed by atoms with E-state index in [9.17, 15) is 19.3 Å². The molecule has 2 saturated heterocycles. The van der Waals surface area contributed by atoms with Gasteiger partial charge in [-0.05, 0) is 0 Å². The van der Waals surface area contributed by atoms with Gasteiger partial charge in [-0.2, -0.15) is 0 Å². The van der Waals surface area contributed by atoms with Crippen LogP contribution in [0.4, 0.5) is 0 Å². The standard InChI is InChI=1S/C17H32N3O7P/c1-17(2)12-26-28(24,19-8-5-11-20-10-4-6-13(20)21)27-15(17)16(23)18-9-7-14(22)25-3/h15,19,24,28H,4-12H2,1-3H3,(H,18,23)/t15-/m0/s1. The van der Waals surface area contributed by atoms with Crippen LogP contribution in [0.1, 0.15) is 39.5 Å². The van der Waals surface area contributed by atoms with E-state index in [0.29, 0.717) is 25.9 Å². The van der Waals surface area contributed by atoms with Crippen molar-refractivity contribution in [3.63, 3.8) is 0 Å². The Labute approximate surface area is 165 Å². The molecule has 2 fully saturated rings. The Morgan fingerprint density at radius 2 is 2.14 bits per heavy atom. The summed E-state index contributed by atoms with van der Waals surface area (Å²) >= 11 is 0. The molecule has 2 aliphatic heterocycles. The van der Waals surface area contributed by atoms with Gasteiger partial charge >= 0.3 is 165 Å². The van der Waals surface area contributed by atoms with E-state index in [-0.39, 0.29) is 25.5 Å². The van der Waals surface area contributed by atoms with Crippen LogP contribution < -0.4 is 10.4 Å². The van der Waals surface area contributed by atoms with Crippen LogP contribution in [0, 0.1) is 5.41 Å². The van der Waals surface area contributed by atoms with Gasteiger partial charge in [-0.1, -0.05) is 0 Å². The Hall–Kier alpha value is -1.32. The Morgan fingerprint density at radius 1 is 1.39 bits per heavy atom. The third kappa shape index (κ3) is 6.35. The molecule has 0 spiro atoms. The van der Waals surface area contributed by atoms with E-state index in [0.717, 1.165) is 13.0 Å². The van der Waals surface area contributed by atoms with Gasteiger partial charge in [0.1, 0.15) is 0 Å². The summed E-state index contributed by atoms with van der Waals surface area (Å²) in [6.07, 6.45) is 1.27. The Bertz CT molecular complexity index is 589. The van der Waals surface area contributed by atoms with Gasteiger partial charge in [0.05, 0.1) is 0 Å². The molecular weight excluding hydrogens is 389 g/mol. The zero-order valence-electron chi connectivity index (χ0n) is 16.8. The minimum atomic E-state index is -3.72. The van der Waals surface area contributed by atoms with Gasteiger partial charge in [0.2, 0.25) is 0 Å². The topological polar surface area (TPSA) is 126 Å². The maximum atomic E-state index is 12.5. The van der Waals surface area contributed by atoms with E-state index >= 15 is 0 Å². The van der Waals surface area contributed by atoms with Crippen molar-refractivity contribution in [3.8, 4) is 0 Å². The molecule has 28 heavy (non-hydrogen) atoms. The van der Waals surface area contributed by atoms with Crippen LogP contribution in [-0.2, 0) is 28.2 Å². The van der Waals surface area contributed by atoms with Crippen molar-refractivity contribution < 1.29 is 33.1 Å². The zero-order chi connectivity index (χ0) is 20.8.